The Hall–Kier alpha value is -1.62. The van der Waals surface area contributed by atoms with Gasteiger partial charge in [0.15, 0.2) is 0 Å². The number of hydrogen-bond donors (Lipinski definition) is 1. The summed E-state index contributed by atoms with van der Waals surface area (Å²) in [6.45, 7) is 7.25. The van der Waals surface area contributed by atoms with Crippen molar-refractivity contribution in [1.82, 2.24) is 5.32 Å². The van der Waals surface area contributed by atoms with Crippen LogP contribution in [0.15, 0.2) is 24.3 Å². The van der Waals surface area contributed by atoms with E-state index in [-0.39, 0.29) is 11.8 Å². The molecule has 0 aliphatic carbocycles. The molecule has 118 valence electrons. The van der Waals surface area contributed by atoms with Crippen molar-refractivity contribution in [3.05, 3.63) is 30.1 Å². The van der Waals surface area contributed by atoms with Gasteiger partial charge in [0.2, 0.25) is 0 Å². The molecule has 1 N–H and O–H groups in total. The molecule has 1 atom stereocenters. The fourth-order valence-electron chi connectivity index (χ4n) is 2.18. The first-order valence-electron chi connectivity index (χ1n) is 7.32. The molecule has 0 fully saturated rings. The second-order valence-electron chi connectivity index (χ2n) is 5.23. The van der Waals surface area contributed by atoms with E-state index in [9.17, 15) is 9.18 Å². The Balaban J connectivity index is 2.70. The Morgan fingerprint density at radius 2 is 2.14 bits per heavy atom. The van der Waals surface area contributed by atoms with Crippen LogP contribution in [-0.2, 0) is 9.53 Å². The number of benzene rings is 1. The summed E-state index contributed by atoms with van der Waals surface area (Å²) >= 11 is 0. The summed E-state index contributed by atoms with van der Waals surface area (Å²) in [5.74, 6) is -0.515. The van der Waals surface area contributed by atoms with Crippen LogP contribution in [0.1, 0.15) is 27.2 Å². The van der Waals surface area contributed by atoms with E-state index in [0.29, 0.717) is 26.1 Å². The van der Waals surface area contributed by atoms with E-state index in [1.54, 1.807) is 13.0 Å². The quantitative estimate of drug-likeness (QED) is 0.749. The first-order valence-corrected chi connectivity index (χ1v) is 7.32. The number of ether oxygens (including phenoxy) is 1. The van der Waals surface area contributed by atoms with E-state index in [1.165, 1.54) is 12.1 Å². The fourth-order valence-corrected chi connectivity index (χ4v) is 2.18. The van der Waals surface area contributed by atoms with Crippen LogP contribution < -0.4 is 10.2 Å². The molecule has 0 heterocycles. The maximum absolute atomic E-state index is 13.2. The molecule has 0 aromatic heterocycles. The fraction of sp³-hybridized carbons (Fsp3) is 0.562. The largest absolute Gasteiger partial charge is 0.465 e. The zero-order valence-electron chi connectivity index (χ0n) is 13.3. The monoisotopic (exact) mass is 296 g/mol. The van der Waals surface area contributed by atoms with Gasteiger partial charge in [0.1, 0.15) is 11.4 Å². The molecule has 0 aliphatic rings. The number of nitrogens with zero attached hydrogens (tertiary/aromatic N) is 1. The predicted molar refractivity (Wildman–Crippen MR) is 83.0 cm³/mol. The molecule has 0 spiro atoms. The minimum atomic E-state index is -0.730. The van der Waals surface area contributed by atoms with Crippen molar-refractivity contribution in [1.29, 1.82) is 0 Å². The van der Waals surface area contributed by atoms with Crippen LogP contribution in [0, 0.1) is 5.82 Å². The van der Waals surface area contributed by atoms with Gasteiger partial charge in [-0.1, -0.05) is 13.0 Å². The number of halogens is 1. The molecule has 1 unspecified atom stereocenters. The van der Waals surface area contributed by atoms with Crippen LogP contribution in [0.5, 0.6) is 0 Å². The Morgan fingerprint density at radius 3 is 2.71 bits per heavy atom. The molecular formula is C16H25FN2O2. The Bertz CT molecular complexity index is 467. The highest BCUT2D eigenvalue weighted by Crippen LogP contribution is 2.18. The average Bonchev–Trinajstić information content (AvgIpc) is 2.45. The maximum atomic E-state index is 13.2. The van der Waals surface area contributed by atoms with Crippen molar-refractivity contribution in [3.63, 3.8) is 0 Å². The number of carbonyl (C=O) groups is 1. The van der Waals surface area contributed by atoms with Crippen molar-refractivity contribution in [2.75, 3.05) is 31.6 Å². The molecule has 1 aromatic carbocycles. The average molecular weight is 296 g/mol. The lowest BCUT2D eigenvalue weighted by Gasteiger charge is -2.30. The summed E-state index contributed by atoms with van der Waals surface area (Å²) < 4.78 is 18.4. The molecule has 0 aliphatic heterocycles. The highest BCUT2D eigenvalue weighted by Gasteiger charge is 2.33. The number of hydrogen-bond acceptors (Lipinski definition) is 4. The van der Waals surface area contributed by atoms with Gasteiger partial charge in [-0.05, 0) is 45.0 Å². The summed E-state index contributed by atoms with van der Waals surface area (Å²) in [7, 11) is 1.88. The van der Waals surface area contributed by atoms with Gasteiger partial charge in [0.05, 0.1) is 6.61 Å². The molecule has 0 radical (unpaired) electrons. The van der Waals surface area contributed by atoms with E-state index in [2.05, 4.69) is 5.32 Å². The Labute approximate surface area is 126 Å². The van der Waals surface area contributed by atoms with E-state index in [4.69, 9.17) is 4.74 Å². The van der Waals surface area contributed by atoms with Gasteiger partial charge in [-0.2, -0.15) is 0 Å². The predicted octanol–water partition coefficient (Wildman–Crippen LogP) is 2.58. The number of likely N-dealkylation sites (N-methyl/N-ethyl adjacent to an activating group) is 1. The standard InChI is InChI=1S/C16H25FN2O2/c1-5-18-16(3,15(20)21-6-2)10-11-19(4)14-9-7-8-13(17)12-14/h7-9,12,18H,5-6,10-11H2,1-4H3. The van der Waals surface area contributed by atoms with Crippen molar-refractivity contribution in [2.24, 2.45) is 0 Å². The van der Waals surface area contributed by atoms with Gasteiger partial charge in [0, 0.05) is 19.3 Å². The van der Waals surface area contributed by atoms with Gasteiger partial charge in [-0.3, -0.25) is 4.79 Å². The molecule has 0 amide bonds. The minimum absolute atomic E-state index is 0.250. The van der Waals surface area contributed by atoms with Crippen LogP contribution in [0.3, 0.4) is 0 Å². The number of anilines is 1. The van der Waals surface area contributed by atoms with Gasteiger partial charge >= 0.3 is 5.97 Å². The summed E-state index contributed by atoms with van der Waals surface area (Å²) in [6.07, 6.45) is 0.576. The van der Waals surface area contributed by atoms with Gasteiger partial charge in [-0.15, -0.1) is 0 Å². The number of esters is 1. The zero-order chi connectivity index (χ0) is 15.9. The van der Waals surface area contributed by atoms with Gasteiger partial charge in [-0.25, -0.2) is 4.39 Å². The first-order chi connectivity index (χ1) is 9.92. The Kier molecular flexibility index (Phi) is 6.62. The lowest BCUT2D eigenvalue weighted by Crippen LogP contribution is -2.52. The summed E-state index contributed by atoms with van der Waals surface area (Å²) in [5, 5.41) is 3.19. The van der Waals surface area contributed by atoms with Gasteiger partial charge in [0.25, 0.3) is 0 Å². The normalized spacial score (nSPS) is 13.6. The molecule has 1 aromatic rings. The molecule has 0 saturated carbocycles. The topological polar surface area (TPSA) is 41.6 Å². The third-order valence-corrected chi connectivity index (χ3v) is 3.49. The van der Waals surface area contributed by atoms with E-state index >= 15 is 0 Å². The molecule has 1 rings (SSSR count). The number of carbonyl (C=O) groups excluding carboxylic acids is 1. The minimum Gasteiger partial charge on any atom is -0.465 e. The van der Waals surface area contributed by atoms with Crippen LogP contribution in [0.25, 0.3) is 0 Å². The molecular weight excluding hydrogens is 271 g/mol. The highest BCUT2D eigenvalue weighted by atomic mass is 19.1. The van der Waals surface area contributed by atoms with Crippen LogP contribution in [-0.4, -0.2) is 38.3 Å². The van der Waals surface area contributed by atoms with Crippen molar-refractivity contribution in [2.45, 2.75) is 32.7 Å². The lowest BCUT2D eigenvalue weighted by molar-refractivity contribution is -0.150. The highest BCUT2D eigenvalue weighted by molar-refractivity contribution is 5.80. The summed E-state index contributed by atoms with van der Waals surface area (Å²) in [4.78, 5) is 14.0. The molecule has 4 nitrogen and oxygen atoms in total. The smallest absolute Gasteiger partial charge is 0.326 e. The third kappa shape index (κ3) is 5.01. The molecule has 0 saturated heterocycles. The van der Waals surface area contributed by atoms with E-state index in [0.717, 1.165) is 5.69 Å². The first kappa shape index (κ1) is 17.4. The summed E-state index contributed by atoms with van der Waals surface area (Å²) in [5.41, 5.74) is 0.0597. The van der Waals surface area contributed by atoms with Crippen LogP contribution in [0.4, 0.5) is 10.1 Å². The van der Waals surface area contributed by atoms with Crippen LogP contribution >= 0.6 is 0 Å². The third-order valence-electron chi connectivity index (χ3n) is 3.49. The summed E-state index contributed by atoms with van der Waals surface area (Å²) in [6, 6.07) is 6.42. The van der Waals surface area contributed by atoms with E-state index < -0.39 is 5.54 Å². The zero-order valence-corrected chi connectivity index (χ0v) is 13.3. The number of nitrogens with one attached hydrogen (secondary N) is 1. The Morgan fingerprint density at radius 1 is 1.43 bits per heavy atom. The molecule has 21 heavy (non-hydrogen) atoms. The van der Waals surface area contributed by atoms with Crippen molar-refractivity contribution >= 4 is 11.7 Å². The SMILES string of the molecule is CCNC(C)(CCN(C)c1cccc(F)c1)C(=O)OCC. The second kappa shape index (κ2) is 7.98. The van der Waals surface area contributed by atoms with Crippen LogP contribution in [0.2, 0.25) is 0 Å². The van der Waals surface area contributed by atoms with Crippen molar-refractivity contribution in [3.8, 4) is 0 Å². The number of rotatable bonds is 8. The second-order valence-corrected chi connectivity index (χ2v) is 5.23. The molecule has 0 bridgehead atoms. The van der Waals surface area contributed by atoms with Gasteiger partial charge < -0.3 is 15.0 Å². The lowest BCUT2D eigenvalue weighted by atomic mass is 9.97. The van der Waals surface area contributed by atoms with Crippen molar-refractivity contribution < 1.29 is 13.9 Å². The van der Waals surface area contributed by atoms with E-state index in [1.807, 2.05) is 31.9 Å². The maximum Gasteiger partial charge on any atom is 0.326 e. The molecule has 5 heteroatoms.